The van der Waals surface area contributed by atoms with E-state index in [9.17, 15) is 4.79 Å². The molecule has 0 aliphatic heterocycles. The normalized spacial score (nSPS) is 16.5. The summed E-state index contributed by atoms with van der Waals surface area (Å²) < 4.78 is 0. The molecule has 1 unspecified atom stereocenters. The molecule has 0 aromatic heterocycles. The second-order valence-corrected chi connectivity index (χ2v) is 4.83. The zero-order valence-corrected chi connectivity index (χ0v) is 9.94. The zero-order valence-electron chi connectivity index (χ0n) is 9.94. The molecule has 0 spiro atoms. The van der Waals surface area contributed by atoms with Crippen LogP contribution in [0, 0.1) is 5.92 Å². The molecule has 0 radical (unpaired) electrons. The van der Waals surface area contributed by atoms with Crippen molar-refractivity contribution >= 4 is 17.3 Å². The summed E-state index contributed by atoms with van der Waals surface area (Å²) in [6.45, 7) is 2.13. The average Bonchev–Trinajstić information content (AvgIpc) is 3.04. The molecule has 1 atom stereocenters. The Kier molecular flexibility index (Phi) is 3.22. The van der Waals surface area contributed by atoms with Crippen molar-refractivity contribution in [1.29, 1.82) is 0 Å². The van der Waals surface area contributed by atoms with Crippen LogP contribution in [0.2, 0.25) is 0 Å². The van der Waals surface area contributed by atoms with Crippen molar-refractivity contribution in [3.05, 3.63) is 23.8 Å². The Hall–Kier alpha value is -1.71. The predicted molar refractivity (Wildman–Crippen MR) is 68.2 cm³/mol. The largest absolute Gasteiger partial charge is 0.478 e. The molecule has 0 heterocycles. The minimum absolute atomic E-state index is 0.225. The predicted octanol–water partition coefficient (Wildman–Crippen LogP) is 2.57. The number of nitrogens with two attached hydrogens (primary N) is 1. The van der Waals surface area contributed by atoms with Gasteiger partial charge >= 0.3 is 5.97 Å². The molecule has 1 saturated carbocycles. The molecule has 1 fully saturated rings. The third-order valence-corrected chi connectivity index (χ3v) is 3.08. The first-order valence-electron chi connectivity index (χ1n) is 5.95. The van der Waals surface area contributed by atoms with E-state index in [1.807, 2.05) is 0 Å². The Morgan fingerprint density at radius 1 is 1.59 bits per heavy atom. The number of nitrogen functional groups attached to an aromatic ring is 1. The van der Waals surface area contributed by atoms with Crippen LogP contribution in [0.3, 0.4) is 0 Å². The van der Waals surface area contributed by atoms with Crippen LogP contribution in [0.4, 0.5) is 11.4 Å². The number of rotatable bonds is 5. The first kappa shape index (κ1) is 11.8. The molecule has 4 nitrogen and oxygen atoms in total. The summed E-state index contributed by atoms with van der Waals surface area (Å²) in [6.07, 6.45) is 3.82. The van der Waals surface area contributed by atoms with Gasteiger partial charge in [-0.05, 0) is 37.5 Å². The Morgan fingerprint density at radius 3 is 2.82 bits per heavy atom. The number of carboxylic acid groups (broad SMARTS) is 1. The molecule has 0 amide bonds. The fourth-order valence-electron chi connectivity index (χ4n) is 2.01. The molecule has 1 aromatic rings. The van der Waals surface area contributed by atoms with E-state index in [0.29, 0.717) is 11.7 Å². The number of benzene rings is 1. The lowest BCUT2D eigenvalue weighted by atomic mass is 10.1. The number of anilines is 2. The molecular formula is C13H18N2O2. The monoisotopic (exact) mass is 234 g/mol. The molecule has 1 aromatic carbocycles. The smallest absolute Gasteiger partial charge is 0.335 e. The molecule has 17 heavy (non-hydrogen) atoms. The van der Waals surface area contributed by atoms with Crippen LogP contribution >= 0.6 is 0 Å². The first-order valence-corrected chi connectivity index (χ1v) is 5.95. The van der Waals surface area contributed by atoms with Crippen LogP contribution in [-0.4, -0.2) is 17.1 Å². The third-order valence-electron chi connectivity index (χ3n) is 3.08. The summed E-state index contributed by atoms with van der Waals surface area (Å²) in [6, 6.07) is 5.18. The minimum Gasteiger partial charge on any atom is -0.478 e. The van der Waals surface area contributed by atoms with E-state index in [2.05, 4.69) is 12.2 Å². The van der Waals surface area contributed by atoms with Crippen LogP contribution in [0.5, 0.6) is 0 Å². The van der Waals surface area contributed by atoms with Crippen molar-refractivity contribution < 1.29 is 9.90 Å². The van der Waals surface area contributed by atoms with Gasteiger partial charge in [0.15, 0.2) is 0 Å². The second kappa shape index (κ2) is 4.65. The van der Waals surface area contributed by atoms with Gasteiger partial charge in [0.05, 0.1) is 16.9 Å². The maximum atomic E-state index is 10.8. The fourth-order valence-corrected chi connectivity index (χ4v) is 2.01. The Balaban J connectivity index is 2.02. The SMILES string of the molecule is CC(CC1CC1)Nc1ccc(C(=O)O)cc1N. The highest BCUT2D eigenvalue weighted by atomic mass is 16.4. The van der Waals surface area contributed by atoms with Gasteiger partial charge in [-0.3, -0.25) is 0 Å². The van der Waals surface area contributed by atoms with Crippen molar-refractivity contribution in [3.8, 4) is 0 Å². The van der Waals surface area contributed by atoms with E-state index in [-0.39, 0.29) is 5.56 Å². The summed E-state index contributed by atoms with van der Waals surface area (Å²) in [5.74, 6) is -0.0914. The molecule has 92 valence electrons. The Labute approximate surface area is 101 Å². The van der Waals surface area contributed by atoms with Gasteiger partial charge in [0, 0.05) is 6.04 Å². The van der Waals surface area contributed by atoms with Gasteiger partial charge in [-0.1, -0.05) is 12.8 Å². The van der Waals surface area contributed by atoms with E-state index in [4.69, 9.17) is 10.8 Å². The van der Waals surface area contributed by atoms with Gasteiger partial charge in [0.25, 0.3) is 0 Å². The molecule has 1 aliphatic rings. The van der Waals surface area contributed by atoms with E-state index >= 15 is 0 Å². The van der Waals surface area contributed by atoms with Crippen LogP contribution < -0.4 is 11.1 Å². The van der Waals surface area contributed by atoms with Crippen molar-refractivity contribution in [2.45, 2.75) is 32.2 Å². The van der Waals surface area contributed by atoms with Gasteiger partial charge in [0.1, 0.15) is 0 Å². The van der Waals surface area contributed by atoms with Gasteiger partial charge < -0.3 is 16.2 Å². The van der Waals surface area contributed by atoms with Crippen LogP contribution in [0.1, 0.15) is 36.5 Å². The molecular weight excluding hydrogens is 216 g/mol. The number of nitrogens with one attached hydrogen (secondary N) is 1. The highest BCUT2D eigenvalue weighted by Crippen LogP contribution is 2.34. The maximum Gasteiger partial charge on any atom is 0.335 e. The van der Waals surface area contributed by atoms with Gasteiger partial charge in [-0.25, -0.2) is 4.79 Å². The molecule has 4 heteroatoms. The molecule has 4 N–H and O–H groups in total. The van der Waals surface area contributed by atoms with E-state index in [1.165, 1.54) is 18.9 Å². The van der Waals surface area contributed by atoms with Crippen molar-refractivity contribution in [1.82, 2.24) is 0 Å². The summed E-state index contributed by atoms with van der Waals surface area (Å²) in [5.41, 5.74) is 7.37. The molecule has 2 rings (SSSR count). The van der Waals surface area contributed by atoms with Gasteiger partial charge in [-0.2, -0.15) is 0 Å². The van der Waals surface area contributed by atoms with Crippen molar-refractivity contribution in [2.24, 2.45) is 5.92 Å². The third kappa shape index (κ3) is 3.12. The lowest BCUT2D eigenvalue weighted by Crippen LogP contribution is -2.17. The van der Waals surface area contributed by atoms with E-state index < -0.39 is 5.97 Å². The number of carbonyl (C=O) groups is 1. The zero-order chi connectivity index (χ0) is 12.4. The highest BCUT2D eigenvalue weighted by molar-refractivity contribution is 5.90. The standard InChI is InChI=1S/C13H18N2O2/c1-8(6-9-2-3-9)15-12-5-4-10(13(16)17)7-11(12)14/h4-5,7-9,15H,2-3,6,14H2,1H3,(H,16,17). The summed E-state index contributed by atoms with van der Waals surface area (Å²) in [4.78, 5) is 10.8. The average molecular weight is 234 g/mol. The van der Waals surface area contributed by atoms with Gasteiger partial charge in [-0.15, -0.1) is 0 Å². The number of carboxylic acids is 1. The summed E-state index contributed by atoms with van der Waals surface area (Å²) >= 11 is 0. The number of aromatic carboxylic acids is 1. The number of hydrogen-bond acceptors (Lipinski definition) is 3. The Bertz CT molecular complexity index is 427. The number of hydrogen-bond donors (Lipinski definition) is 3. The van der Waals surface area contributed by atoms with Crippen molar-refractivity contribution in [2.75, 3.05) is 11.1 Å². The van der Waals surface area contributed by atoms with Crippen LogP contribution in [0.25, 0.3) is 0 Å². The van der Waals surface area contributed by atoms with Crippen LogP contribution in [-0.2, 0) is 0 Å². The second-order valence-electron chi connectivity index (χ2n) is 4.83. The molecule has 0 saturated heterocycles. The van der Waals surface area contributed by atoms with E-state index in [1.54, 1.807) is 12.1 Å². The highest BCUT2D eigenvalue weighted by Gasteiger charge is 2.23. The molecule has 1 aliphatic carbocycles. The molecule has 0 bridgehead atoms. The van der Waals surface area contributed by atoms with Crippen LogP contribution in [0.15, 0.2) is 18.2 Å². The topological polar surface area (TPSA) is 75.3 Å². The maximum absolute atomic E-state index is 10.8. The fraction of sp³-hybridized carbons (Fsp3) is 0.462. The summed E-state index contributed by atoms with van der Waals surface area (Å²) in [7, 11) is 0. The summed E-state index contributed by atoms with van der Waals surface area (Å²) in [5, 5.41) is 12.2. The minimum atomic E-state index is -0.950. The quantitative estimate of drug-likeness (QED) is 0.684. The van der Waals surface area contributed by atoms with Gasteiger partial charge in [0.2, 0.25) is 0 Å². The Morgan fingerprint density at radius 2 is 2.29 bits per heavy atom. The lowest BCUT2D eigenvalue weighted by Gasteiger charge is -2.16. The van der Waals surface area contributed by atoms with Crippen molar-refractivity contribution in [3.63, 3.8) is 0 Å². The van der Waals surface area contributed by atoms with E-state index in [0.717, 1.165) is 18.0 Å². The first-order chi connectivity index (χ1) is 8.06. The lowest BCUT2D eigenvalue weighted by molar-refractivity contribution is 0.0697.